The zero-order valence-electron chi connectivity index (χ0n) is 12.3. The van der Waals surface area contributed by atoms with Gasteiger partial charge in [0.1, 0.15) is 6.04 Å². The summed E-state index contributed by atoms with van der Waals surface area (Å²) in [6.07, 6.45) is 0. The molecule has 2 aromatic carbocycles. The van der Waals surface area contributed by atoms with Gasteiger partial charge in [-0.1, -0.05) is 41.6 Å². The summed E-state index contributed by atoms with van der Waals surface area (Å²) in [6, 6.07) is 13.0. The molecule has 0 spiro atoms. The van der Waals surface area contributed by atoms with E-state index in [0.29, 0.717) is 11.7 Å². The SMILES string of the molecule is Cc1noc([C@H](C)NC(=O)Nc2cccc3ccccc23)n1. The lowest BCUT2D eigenvalue weighted by Crippen LogP contribution is -2.31. The molecule has 2 amide bonds. The second kappa shape index (κ2) is 5.85. The summed E-state index contributed by atoms with van der Waals surface area (Å²) < 4.78 is 5.04. The van der Waals surface area contributed by atoms with E-state index >= 15 is 0 Å². The largest absolute Gasteiger partial charge is 0.337 e. The number of hydrogen-bond donors (Lipinski definition) is 2. The van der Waals surface area contributed by atoms with E-state index in [1.54, 1.807) is 13.8 Å². The first kappa shape index (κ1) is 14.1. The number of hydrogen-bond acceptors (Lipinski definition) is 4. The molecule has 0 saturated heterocycles. The lowest BCUT2D eigenvalue weighted by Gasteiger charge is -2.12. The molecule has 1 heterocycles. The minimum absolute atomic E-state index is 0.320. The molecule has 0 unspecified atom stereocenters. The van der Waals surface area contributed by atoms with Gasteiger partial charge in [0, 0.05) is 5.39 Å². The monoisotopic (exact) mass is 296 g/mol. The van der Waals surface area contributed by atoms with Crippen molar-refractivity contribution in [2.45, 2.75) is 19.9 Å². The fraction of sp³-hybridized carbons (Fsp3) is 0.188. The maximum Gasteiger partial charge on any atom is 0.319 e. The summed E-state index contributed by atoms with van der Waals surface area (Å²) >= 11 is 0. The van der Waals surface area contributed by atoms with E-state index in [9.17, 15) is 4.79 Å². The fourth-order valence-corrected chi connectivity index (χ4v) is 2.24. The zero-order chi connectivity index (χ0) is 15.5. The molecule has 0 radical (unpaired) electrons. The molecular formula is C16H16N4O2. The van der Waals surface area contributed by atoms with Gasteiger partial charge in [-0.05, 0) is 25.3 Å². The van der Waals surface area contributed by atoms with Crippen LogP contribution in [-0.2, 0) is 0 Å². The van der Waals surface area contributed by atoms with Crippen LogP contribution in [0.2, 0.25) is 0 Å². The predicted octanol–water partition coefficient (Wildman–Crippen LogP) is 3.41. The van der Waals surface area contributed by atoms with Gasteiger partial charge in [-0.2, -0.15) is 4.98 Å². The number of rotatable bonds is 3. The van der Waals surface area contributed by atoms with Crippen molar-refractivity contribution in [2.24, 2.45) is 0 Å². The van der Waals surface area contributed by atoms with Crippen LogP contribution in [0.15, 0.2) is 47.0 Å². The van der Waals surface area contributed by atoms with E-state index in [4.69, 9.17) is 4.52 Å². The number of urea groups is 1. The van der Waals surface area contributed by atoms with E-state index in [0.717, 1.165) is 16.5 Å². The number of nitrogens with one attached hydrogen (secondary N) is 2. The average Bonchev–Trinajstić information content (AvgIpc) is 2.94. The smallest absolute Gasteiger partial charge is 0.319 e. The van der Waals surface area contributed by atoms with Crippen LogP contribution in [0, 0.1) is 6.92 Å². The first-order chi connectivity index (χ1) is 10.6. The molecule has 0 fully saturated rings. The number of carbonyl (C=O) groups excluding carboxylic acids is 1. The minimum atomic E-state index is -0.365. The second-order valence-electron chi connectivity index (χ2n) is 5.03. The average molecular weight is 296 g/mol. The van der Waals surface area contributed by atoms with Crippen LogP contribution >= 0.6 is 0 Å². The summed E-state index contributed by atoms with van der Waals surface area (Å²) in [4.78, 5) is 16.2. The molecule has 3 rings (SSSR count). The number of amides is 2. The molecule has 0 bridgehead atoms. The molecule has 0 aliphatic heterocycles. The van der Waals surface area contributed by atoms with Crippen LogP contribution < -0.4 is 10.6 Å². The molecule has 0 aliphatic carbocycles. The summed E-state index contributed by atoms with van der Waals surface area (Å²) in [6.45, 7) is 3.52. The Kier molecular flexibility index (Phi) is 3.74. The Balaban J connectivity index is 1.73. The van der Waals surface area contributed by atoms with Crippen molar-refractivity contribution < 1.29 is 9.32 Å². The van der Waals surface area contributed by atoms with E-state index in [2.05, 4.69) is 20.8 Å². The Hall–Kier alpha value is -2.89. The lowest BCUT2D eigenvalue weighted by atomic mass is 10.1. The van der Waals surface area contributed by atoms with Crippen molar-refractivity contribution in [3.05, 3.63) is 54.2 Å². The van der Waals surface area contributed by atoms with Gasteiger partial charge in [-0.3, -0.25) is 0 Å². The number of nitrogens with zero attached hydrogens (tertiary/aromatic N) is 2. The normalized spacial score (nSPS) is 12.1. The van der Waals surface area contributed by atoms with E-state index < -0.39 is 0 Å². The van der Waals surface area contributed by atoms with Crippen LogP contribution in [0.25, 0.3) is 10.8 Å². The van der Waals surface area contributed by atoms with Crippen LogP contribution in [0.3, 0.4) is 0 Å². The summed E-state index contributed by atoms with van der Waals surface area (Å²) in [5, 5.41) is 11.4. The number of aryl methyl sites for hydroxylation is 1. The van der Waals surface area contributed by atoms with Gasteiger partial charge < -0.3 is 15.2 Å². The summed E-state index contributed by atoms with van der Waals surface area (Å²) in [5.74, 6) is 0.920. The highest BCUT2D eigenvalue weighted by atomic mass is 16.5. The molecule has 2 N–H and O–H groups in total. The Morgan fingerprint density at radius 1 is 1.18 bits per heavy atom. The molecule has 0 saturated carbocycles. The molecule has 6 heteroatoms. The first-order valence-electron chi connectivity index (χ1n) is 6.99. The predicted molar refractivity (Wildman–Crippen MR) is 83.6 cm³/mol. The van der Waals surface area contributed by atoms with Gasteiger partial charge >= 0.3 is 6.03 Å². The Labute approximate surface area is 127 Å². The second-order valence-corrected chi connectivity index (χ2v) is 5.03. The van der Waals surface area contributed by atoms with Gasteiger partial charge in [0.2, 0.25) is 5.89 Å². The minimum Gasteiger partial charge on any atom is -0.337 e. The van der Waals surface area contributed by atoms with Gasteiger partial charge in [0.15, 0.2) is 5.82 Å². The summed E-state index contributed by atoms with van der Waals surface area (Å²) in [5.41, 5.74) is 0.754. The first-order valence-corrected chi connectivity index (χ1v) is 6.99. The highest BCUT2D eigenvalue weighted by Crippen LogP contribution is 2.23. The van der Waals surface area contributed by atoms with E-state index in [1.165, 1.54) is 0 Å². The number of fused-ring (bicyclic) bond motifs is 1. The fourth-order valence-electron chi connectivity index (χ4n) is 2.24. The van der Waals surface area contributed by atoms with Crippen LogP contribution in [0.5, 0.6) is 0 Å². The third kappa shape index (κ3) is 2.90. The Morgan fingerprint density at radius 3 is 2.73 bits per heavy atom. The highest BCUT2D eigenvalue weighted by Gasteiger charge is 2.15. The molecule has 1 atom stereocenters. The molecule has 112 valence electrons. The van der Waals surface area contributed by atoms with Crippen molar-refractivity contribution in [3.8, 4) is 0 Å². The Morgan fingerprint density at radius 2 is 1.95 bits per heavy atom. The number of anilines is 1. The molecule has 0 aliphatic rings. The van der Waals surface area contributed by atoms with Crippen molar-refractivity contribution >= 4 is 22.5 Å². The molecular weight excluding hydrogens is 280 g/mol. The number of carbonyl (C=O) groups is 1. The van der Waals surface area contributed by atoms with Crippen molar-refractivity contribution in [2.75, 3.05) is 5.32 Å². The molecule has 1 aromatic heterocycles. The maximum atomic E-state index is 12.1. The molecule has 22 heavy (non-hydrogen) atoms. The van der Waals surface area contributed by atoms with Gasteiger partial charge in [0.05, 0.1) is 5.69 Å². The van der Waals surface area contributed by atoms with Crippen LogP contribution in [0.1, 0.15) is 24.7 Å². The maximum absolute atomic E-state index is 12.1. The Bertz CT molecular complexity index is 807. The van der Waals surface area contributed by atoms with Gasteiger partial charge in [-0.15, -0.1) is 0 Å². The van der Waals surface area contributed by atoms with Crippen molar-refractivity contribution in [3.63, 3.8) is 0 Å². The van der Waals surface area contributed by atoms with E-state index in [-0.39, 0.29) is 12.1 Å². The molecule has 6 nitrogen and oxygen atoms in total. The highest BCUT2D eigenvalue weighted by molar-refractivity contribution is 6.01. The standard InChI is InChI=1S/C16H16N4O2/c1-10(15-18-11(2)20-22-15)17-16(21)19-14-9-5-7-12-6-3-4-8-13(12)14/h3-10H,1-2H3,(H2,17,19,21)/t10-/m0/s1. The van der Waals surface area contributed by atoms with Crippen molar-refractivity contribution in [1.29, 1.82) is 0 Å². The number of benzene rings is 2. The van der Waals surface area contributed by atoms with Crippen LogP contribution in [0.4, 0.5) is 10.5 Å². The molecule has 3 aromatic rings. The van der Waals surface area contributed by atoms with Crippen LogP contribution in [-0.4, -0.2) is 16.2 Å². The summed E-state index contributed by atoms with van der Waals surface area (Å²) in [7, 11) is 0. The topological polar surface area (TPSA) is 80.0 Å². The van der Waals surface area contributed by atoms with E-state index in [1.807, 2.05) is 42.5 Å². The number of aromatic nitrogens is 2. The zero-order valence-corrected chi connectivity index (χ0v) is 12.3. The lowest BCUT2D eigenvalue weighted by molar-refractivity contribution is 0.245. The third-order valence-electron chi connectivity index (χ3n) is 3.30. The van der Waals surface area contributed by atoms with Crippen molar-refractivity contribution in [1.82, 2.24) is 15.5 Å². The van der Waals surface area contributed by atoms with Gasteiger partial charge in [-0.25, -0.2) is 4.79 Å². The quantitative estimate of drug-likeness (QED) is 0.776. The third-order valence-corrected chi connectivity index (χ3v) is 3.30. The van der Waals surface area contributed by atoms with Gasteiger partial charge in [0.25, 0.3) is 0 Å².